The van der Waals surface area contributed by atoms with Crippen LogP contribution in [-0.4, -0.2) is 18.0 Å². The zero-order chi connectivity index (χ0) is 14.0. The van der Waals surface area contributed by atoms with Crippen molar-refractivity contribution in [2.24, 2.45) is 0 Å². The Balaban J connectivity index is 2.48. The molecule has 0 radical (unpaired) electrons. The maximum Gasteiger partial charge on any atom is 0.221 e. The lowest BCUT2D eigenvalue weighted by atomic mass is 10.1. The first kappa shape index (κ1) is 13.4. The van der Waals surface area contributed by atoms with Gasteiger partial charge in [-0.15, -0.1) is 11.3 Å². The average molecular weight is 277 g/mol. The van der Waals surface area contributed by atoms with E-state index in [-0.39, 0.29) is 5.91 Å². The molecule has 5 nitrogen and oxygen atoms in total. The normalized spacial score (nSPS) is 10.3. The molecule has 0 atom stereocenters. The zero-order valence-electron chi connectivity index (χ0n) is 11.0. The molecule has 1 amide bonds. The fourth-order valence-corrected chi connectivity index (χ4v) is 2.51. The van der Waals surface area contributed by atoms with Gasteiger partial charge in [0.15, 0.2) is 0 Å². The molecule has 0 saturated carbocycles. The lowest BCUT2D eigenvalue weighted by Gasteiger charge is -2.10. The first-order chi connectivity index (χ1) is 9.01. The van der Waals surface area contributed by atoms with Gasteiger partial charge in [-0.05, 0) is 25.1 Å². The predicted octanol–water partition coefficient (Wildman–Crippen LogP) is 2.67. The third-order valence-corrected chi connectivity index (χ3v) is 3.34. The number of carbonyl (C=O) groups excluding carboxylic acids is 1. The van der Waals surface area contributed by atoms with Gasteiger partial charge in [-0.3, -0.25) is 4.79 Å². The van der Waals surface area contributed by atoms with Crippen LogP contribution in [0.25, 0.3) is 11.3 Å². The van der Waals surface area contributed by atoms with E-state index in [2.05, 4.69) is 10.3 Å². The Morgan fingerprint density at radius 1 is 1.47 bits per heavy atom. The van der Waals surface area contributed by atoms with Gasteiger partial charge >= 0.3 is 0 Å². The number of carbonyl (C=O) groups is 1. The third-order valence-electron chi connectivity index (χ3n) is 2.54. The van der Waals surface area contributed by atoms with Crippen molar-refractivity contribution in [1.82, 2.24) is 4.98 Å². The second-order valence-electron chi connectivity index (χ2n) is 4.04. The van der Waals surface area contributed by atoms with Crippen molar-refractivity contribution in [2.75, 3.05) is 18.2 Å². The van der Waals surface area contributed by atoms with E-state index in [1.165, 1.54) is 18.3 Å². The van der Waals surface area contributed by atoms with E-state index in [1.807, 2.05) is 19.1 Å². The Morgan fingerprint density at radius 2 is 2.21 bits per heavy atom. The van der Waals surface area contributed by atoms with Crippen LogP contribution < -0.4 is 15.8 Å². The minimum Gasteiger partial charge on any atom is -0.495 e. The van der Waals surface area contributed by atoms with Gasteiger partial charge in [0.2, 0.25) is 5.91 Å². The molecule has 0 saturated heterocycles. The molecule has 0 aliphatic rings. The van der Waals surface area contributed by atoms with Crippen LogP contribution in [0.2, 0.25) is 0 Å². The van der Waals surface area contributed by atoms with Gasteiger partial charge in [0.1, 0.15) is 16.4 Å². The summed E-state index contributed by atoms with van der Waals surface area (Å²) in [5.41, 5.74) is 8.13. The number of hydrogen-bond donors (Lipinski definition) is 2. The summed E-state index contributed by atoms with van der Waals surface area (Å²) in [6.07, 6.45) is 0. The summed E-state index contributed by atoms with van der Waals surface area (Å²) >= 11 is 1.44. The quantitative estimate of drug-likeness (QED) is 0.904. The lowest BCUT2D eigenvalue weighted by Crippen LogP contribution is -2.07. The topological polar surface area (TPSA) is 77.2 Å². The summed E-state index contributed by atoms with van der Waals surface area (Å²) in [4.78, 5) is 15.6. The standard InChI is InChI=1S/C13H15N3O2S/c1-7(17)15-10-6-9(4-5-11(10)18-3)12-13(14)19-8(2)16-12/h4-6H,14H2,1-3H3,(H,15,17). The molecular formula is C13H15N3O2S. The van der Waals surface area contributed by atoms with Gasteiger partial charge in [-0.1, -0.05) is 0 Å². The van der Waals surface area contributed by atoms with Gasteiger partial charge in [-0.25, -0.2) is 4.98 Å². The van der Waals surface area contributed by atoms with E-state index < -0.39 is 0 Å². The molecule has 0 fully saturated rings. The van der Waals surface area contributed by atoms with Crippen LogP contribution in [0.5, 0.6) is 5.75 Å². The highest BCUT2D eigenvalue weighted by molar-refractivity contribution is 7.16. The van der Waals surface area contributed by atoms with E-state index in [9.17, 15) is 4.79 Å². The number of ether oxygens (including phenoxy) is 1. The number of thiazole rings is 1. The van der Waals surface area contributed by atoms with Gasteiger partial charge in [0.05, 0.1) is 17.8 Å². The predicted molar refractivity (Wildman–Crippen MR) is 77.6 cm³/mol. The largest absolute Gasteiger partial charge is 0.495 e. The molecule has 100 valence electrons. The number of anilines is 2. The van der Waals surface area contributed by atoms with E-state index in [1.54, 1.807) is 13.2 Å². The summed E-state index contributed by atoms with van der Waals surface area (Å²) in [6, 6.07) is 5.47. The highest BCUT2D eigenvalue weighted by Crippen LogP contribution is 2.35. The molecule has 0 aliphatic carbocycles. The first-order valence-electron chi connectivity index (χ1n) is 5.70. The number of nitrogens with one attached hydrogen (secondary N) is 1. The lowest BCUT2D eigenvalue weighted by molar-refractivity contribution is -0.114. The average Bonchev–Trinajstić information content (AvgIpc) is 2.67. The van der Waals surface area contributed by atoms with E-state index in [0.29, 0.717) is 16.4 Å². The summed E-state index contributed by atoms with van der Waals surface area (Å²) < 4.78 is 5.21. The maximum atomic E-state index is 11.2. The van der Waals surface area contributed by atoms with Crippen LogP contribution in [0.1, 0.15) is 11.9 Å². The van der Waals surface area contributed by atoms with Crippen molar-refractivity contribution in [2.45, 2.75) is 13.8 Å². The number of aryl methyl sites for hydroxylation is 1. The fraction of sp³-hybridized carbons (Fsp3) is 0.231. The fourth-order valence-electron chi connectivity index (χ4n) is 1.79. The summed E-state index contributed by atoms with van der Waals surface area (Å²) in [6.45, 7) is 3.36. The molecule has 0 aliphatic heterocycles. The number of nitrogens with zero attached hydrogens (tertiary/aromatic N) is 1. The van der Waals surface area contributed by atoms with Crippen LogP contribution >= 0.6 is 11.3 Å². The number of nitrogens with two attached hydrogens (primary N) is 1. The third kappa shape index (κ3) is 2.85. The second-order valence-corrected chi connectivity index (χ2v) is 5.28. The smallest absolute Gasteiger partial charge is 0.221 e. The Morgan fingerprint density at radius 3 is 2.74 bits per heavy atom. The number of methoxy groups -OCH3 is 1. The SMILES string of the molecule is COc1ccc(-c2nc(C)sc2N)cc1NC(C)=O. The van der Waals surface area contributed by atoms with Crippen molar-refractivity contribution in [3.8, 4) is 17.0 Å². The molecule has 1 aromatic heterocycles. The summed E-state index contributed by atoms with van der Waals surface area (Å²) in [7, 11) is 1.56. The number of amides is 1. The minimum absolute atomic E-state index is 0.155. The van der Waals surface area contributed by atoms with Crippen molar-refractivity contribution in [1.29, 1.82) is 0 Å². The molecule has 19 heavy (non-hydrogen) atoms. The van der Waals surface area contributed by atoms with Gasteiger partial charge < -0.3 is 15.8 Å². The molecule has 0 unspecified atom stereocenters. The Bertz CT molecular complexity index is 622. The minimum atomic E-state index is -0.155. The molecule has 1 heterocycles. The van der Waals surface area contributed by atoms with Gasteiger partial charge in [-0.2, -0.15) is 0 Å². The highest BCUT2D eigenvalue weighted by atomic mass is 32.1. The molecule has 0 spiro atoms. The molecule has 1 aromatic carbocycles. The van der Waals surface area contributed by atoms with Crippen LogP contribution in [0, 0.1) is 6.92 Å². The molecule has 2 aromatic rings. The van der Waals surface area contributed by atoms with Gasteiger partial charge in [0.25, 0.3) is 0 Å². The highest BCUT2D eigenvalue weighted by Gasteiger charge is 2.12. The number of rotatable bonds is 3. The zero-order valence-corrected chi connectivity index (χ0v) is 11.8. The van der Waals surface area contributed by atoms with E-state index in [0.717, 1.165) is 16.3 Å². The Kier molecular flexibility index (Phi) is 3.71. The molecule has 0 bridgehead atoms. The number of aromatic nitrogens is 1. The van der Waals surface area contributed by atoms with Crippen LogP contribution in [0.15, 0.2) is 18.2 Å². The van der Waals surface area contributed by atoms with Crippen molar-refractivity contribution in [3.05, 3.63) is 23.2 Å². The first-order valence-corrected chi connectivity index (χ1v) is 6.52. The maximum absolute atomic E-state index is 11.2. The van der Waals surface area contributed by atoms with Crippen molar-refractivity contribution >= 4 is 27.9 Å². The monoisotopic (exact) mass is 277 g/mol. The van der Waals surface area contributed by atoms with E-state index in [4.69, 9.17) is 10.5 Å². The van der Waals surface area contributed by atoms with Crippen LogP contribution in [0.3, 0.4) is 0 Å². The molecule has 3 N–H and O–H groups in total. The number of hydrogen-bond acceptors (Lipinski definition) is 5. The van der Waals surface area contributed by atoms with E-state index >= 15 is 0 Å². The van der Waals surface area contributed by atoms with Crippen molar-refractivity contribution in [3.63, 3.8) is 0 Å². The Labute approximate surface area is 115 Å². The second kappa shape index (κ2) is 5.27. The Hall–Kier alpha value is -2.08. The number of nitrogen functional groups attached to an aromatic ring is 1. The molecule has 2 rings (SSSR count). The summed E-state index contributed by atoms with van der Waals surface area (Å²) in [5, 5.41) is 4.30. The van der Waals surface area contributed by atoms with Crippen LogP contribution in [-0.2, 0) is 4.79 Å². The van der Waals surface area contributed by atoms with Crippen LogP contribution in [0.4, 0.5) is 10.7 Å². The summed E-state index contributed by atoms with van der Waals surface area (Å²) in [5.74, 6) is 0.447. The number of benzene rings is 1. The van der Waals surface area contributed by atoms with Gasteiger partial charge in [0, 0.05) is 12.5 Å². The van der Waals surface area contributed by atoms with Crippen molar-refractivity contribution < 1.29 is 9.53 Å². The molecular weight excluding hydrogens is 262 g/mol. The molecule has 6 heteroatoms.